The van der Waals surface area contributed by atoms with Crippen LogP contribution in [0.4, 0.5) is 5.69 Å². The third kappa shape index (κ3) is 5.46. The molecule has 2 nitrogen and oxygen atoms in total. The Hall–Kier alpha value is -1.56. The summed E-state index contributed by atoms with van der Waals surface area (Å²) in [6, 6.07) is 17.1. The molecule has 130 valence electrons. The predicted molar refractivity (Wildman–Crippen MR) is 108 cm³/mol. The van der Waals surface area contributed by atoms with Crippen LogP contribution in [0.25, 0.3) is 0 Å². The van der Waals surface area contributed by atoms with E-state index in [1.807, 2.05) is 6.92 Å². The van der Waals surface area contributed by atoms with Gasteiger partial charge in [0, 0.05) is 0 Å². The number of aryl methyl sites for hydroxylation is 1. The fraction of sp³-hybridized carbons (Fsp3) is 0.318. The summed E-state index contributed by atoms with van der Waals surface area (Å²) in [4.78, 5) is 4.72. The van der Waals surface area contributed by atoms with Crippen molar-refractivity contribution >= 4 is 36.4 Å². The second-order valence-corrected chi connectivity index (χ2v) is 9.59. The van der Waals surface area contributed by atoms with Gasteiger partial charge in [0.25, 0.3) is 0 Å². The van der Waals surface area contributed by atoms with E-state index < -0.39 is 0 Å². The standard InChI is InChI=1S/C22H25NOTe/c1-3-24-20-12-14-21(15-13-20)25-22-7-5-4-6-18(22)16-23-19-10-8-17(2)9-11-19/h8-16H,3-7H2,1-2H3. The topological polar surface area (TPSA) is 21.6 Å². The van der Waals surface area contributed by atoms with E-state index in [0.29, 0.717) is 0 Å². The second kappa shape index (κ2) is 9.22. The number of nitrogens with zero attached hydrogens (tertiary/aromatic N) is 1. The zero-order valence-corrected chi connectivity index (χ0v) is 17.3. The van der Waals surface area contributed by atoms with Crippen molar-refractivity contribution in [3.63, 3.8) is 0 Å². The Kier molecular flexibility index (Phi) is 6.73. The number of allylic oxidation sites excluding steroid dienone is 2. The number of hydrogen-bond acceptors (Lipinski definition) is 2. The summed E-state index contributed by atoms with van der Waals surface area (Å²) in [5.41, 5.74) is 3.80. The van der Waals surface area contributed by atoms with E-state index in [4.69, 9.17) is 9.73 Å². The molecule has 25 heavy (non-hydrogen) atoms. The zero-order chi connectivity index (χ0) is 17.5. The van der Waals surface area contributed by atoms with E-state index in [0.717, 1.165) is 18.0 Å². The van der Waals surface area contributed by atoms with Crippen LogP contribution in [0.3, 0.4) is 0 Å². The second-order valence-electron chi connectivity index (χ2n) is 6.26. The molecule has 0 heterocycles. The van der Waals surface area contributed by atoms with Gasteiger partial charge in [-0.2, -0.15) is 0 Å². The minimum absolute atomic E-state index is 0.317. The van der Waals surface area contributed by atoms with Crippen LogP contribution in [-0.2, 0) is 0 Å². The van der Waals surface area contributed by atoms with Gasteiger partial charge in [0.05, 0.1) is 0 Å². The summed E-state index contributed by atoms with van der Waals surface area (Å²) in [5, 5.41) is 0. The summed E-state index contributed by atoms with van der Waals surface area (Å²) in [7, 11) is 0. The molecule has 0 saturated carbocycles. The van der Waals surface area contributed by atoms with Gasteiger partial charge in [0.1, 0.15) is 0 Å². The van der Waals surface area contributed by atoms with E-state index in [9.17, 15) is 0 Å². The molecular weight excluding hydrogens is 422 g/mol. The van der Waals surface area contributed by atoms with Crippen LogP contribution in [0.1, 0.15) is 38.2 Å². The molecule has 0 fully saturated rings. The van der Waals surface area contributed by atoms with Crippen molar-refractivity contribution in [3.05, 3.63) is 63.3 Å². The molecule has 0 bridgehead atoms. The molecule has 1 aliphatic rings. The van der Waals surface area contributed by atoms with E-state index in [2.05, 4.69) is 61.7 Å². The van der Waals surface area contributed by atoms with Crippen molar-refractivity contribution in [3.8, 4) is 5.75 Å². The molecule has 2 aromatic rings. The van der Waals surface area contributed by atoms with Gasteiger partial charge in [-0.25, -0.2) is 0 Å². The number of aliphatic imine (C=N–C) groups is 1. The monoisotopic (exact) mass is 449 g/mol. The molecule has 0 aliphatic heterocycles. The Morgan fingerprint density at radius 3 is 2.44 bits per heavy atom. The van der Waals surface area contributed by atoms with E-state index in [1.54, 1.807) is 3.62 Å². The molecular formula is C22H25NOTe. The van der Waals surface area contributed by atoms with Gasteiger partial charge in [-0.3, -0.25) is 0 Å². The fourth-order valence-electron chi connectivity index (χ4n) is 2.85. The molecule has 0 saturated heterocycles. The third-order valence-electron chi connectivity index (χ3n) is 4.24. The first kappa shape index (κ1) is 18.2. The van der Waals surface area contributed by atoms with Gasteiger partial charge in [0.15, 0.2) is 0 Å². The average Bonchev–Trinajstić information content (AvgIpc) is 2.64. The van der Waals surface area contributed by atoms with Gasteiger partial charge in [-0.15, -0.1) is 0 Å². The van der Waals surface area contributed by atoms with E-state index in [-0.39, 0.29) is 20.9 Å². The van der Waals surface area contributed by atoms with Crippen LogP contribution in [0.15, 0.2) is 62.7 Å². The Bertz CT molecular complexity index is 745. The van der Waals surface area contributed by atoms with Crippen molar-refractivity contribution in [2.45, 2.75) is 39.5 Å². The fourth-order valence-corrected chi connectivity index (χ4v) is 5.96. The first-order chi connectivity index (χ1) is 12.2. The maximum atomic E-state index is 5.55. The molecule has 0 atom stereocenters. The van der Waals surface area contributed by atoms with Crippen LogP contribution < -0.4 is 8.35 Å². The number of rotatable bonds is 6. The molecule has 0 aromatic heterocycles. The molecule has 0 N–H and O–H groups in total. The Morgan fingerprint density at radius 1 is 1.00 bits per heavy atom. The SMILES string of the molecule is CCOc1ccc([Te]C2=C(C=Nc3ccc(C)cc3)CCCC2)cc1. The third-order valence-corrected chi connectivity index (χ3v) is 7.72. The van der Waals surface area contributed by atoms with E-state index >= 15 is 0 Å². The molecule has 0 radical (unpaired) electrons. The molecule has 0 amide bonds. The molecule has 1 aliphatic carbocycles. The van der Waals surface area contributed by atoms with Crippen LogP contribution in [0.5, 0.6) is 5.75 Å². The van der Waals surface area contributed by atoms with Gasteiger partial charge < -0.3 is 0 Å². The van der Waals surface area contributed by atoms with Crippen molar-refractivity contribution in [1.29, 1.82) is 0 Å². The Balaban J connectivity index is 1.74. The van der Waals surface area contributed by atoms with E-state index in [1.165, 1.54) is 40.4 Å². The Labute approximate surface area is 161 Å². The van der Waals surface area contributed by atoms with Gasteiger partial charge in [0.2, 0.25) is 0 Å². The molecule has 2 aromatic carbocycles. The summed E-state index contributed by atoms with van der Waals surface area (Å²) in [6.45, 7) is 4.85. The maximum absolute atomic E-state index is 5.55. The predicted octanol–water partition coefficient (Wildman–Crippen LogP) is 4.95. The number of hydrogen-bond donors (Lipinski definition) is 0. The van der Waals surface area contributed by atoms with Crippen LogP contribution >= 0.6 is 0 Å². The first-order valence-corrected chi connectivity index (χ1v) is 11.3. The van der Waals surface area contributed by atoms with Crippen molar-refractivity contribution in [2.24, 2.45) is 4.99 Å². The normalized spacial score (nSPS) is 15.0. The van der Waals surface area contributed by atoms with Crippen LogP contribution in [0, 0.1) is 6.92 Å². The van der Waals surface area contributed by atoms with Crippen LogP contribution in [-0.4, -0.2) is 33.7 Å². The average molecular weight is 447 g/mol. The first-order valence-electron chi connectivity index (χ1n) is 8.98. The zero-order valence-electron chi connectivity index (χ0n) is 15.0. The van der Waals surface area contributed by atoms with Gasteiger partial charge in [-0.05, 0) is 0 Å². The van der Waals surface area contributed by atoms with Crippen LogP contribution in [0.2, 0.25) is 0 Å². The molecule has 0 spiro atoms. The molecule has 0 unspecified atom stereocenters. The number of benzene rings is 2. The summed E-state index contributed by atoms with van der Waals surface area (Å²) >= 11 is -0.317. The number of ether oxygens (including phenoxy) is 1. The molecule has 3 rings (SSSR count). The molecule has 3 heteroatoms. The summed E-state index contributed by atoms with van der Waals surface area (Å²) in [6.07, 6.45) is 7.14. The minimum atomic E-state index is -0.317. The van der Waals surface area contributed by atoms with Gasteiger partial charge in [-0.1, -0.05) is 0 Å². The summed E-state index contributed by atoms with van der Waals surface area (Å²) < 4.78 is 8.69. The van der Waals surface area contributed by atoms with Gasteiger partial charge >= 0.3 is 161 Å². The summed E-state index contributed by atoms with van der Waals surface area (Å²) in [5.74, 6) is 0.970. The quantitative estimate of drug-likeness (QED) is 0.454. The van der Waals surface area contributed by atoms with Crippen molar-refractivity contribution in [2.75, 3.05) is 6.61 Å². The Morgan fingerprint density at radius 2 is 1.72 bits per heavy atom. The van der Waals surface area contributed by atoms with Crippen molar-refractivity contribution in [1.82, 2.24) is 0 Å². The van der Waals surface area contributed by atoms with Crippen molar-refractivity contribution < 1.29 is 4.74 Å².